The largest absolute Gasteiger partial charge is 0.366 e. The summed E-state index contributed by atoms with van der Waals surface area (Å²) in [5.41, 5.74) is 6.70. The van der Waals surface area contributed by atoms with Crippen LogP contribution in [0.25, 0.3) is 0 Å². The zero-order valence-corrected chi connectivity index (χ0v) is 16.0. The molecule has 1 aromatic heterocycles. The van der Waals surface area contributed by atoms with E-state index >= 15 is 0 Å². The number of quaternary nitrogens is 1. The summed E-state index contributed by atoms with van der Waals surface area (Å²) in [7, 11) is 0. The van der Waals surface area contributed by atoms with E-state index in [1.165, 1.54) is 47.6 Å². The van der Waals surface area contributed by atoms with Crippen molar-refractivity contribution in [2.24, 2.45) is 5.73 Å². The van der Waals surface area contributed by atoms with Gasteiger partial charge in [0.25, 0.3) is 11.8 Å². The minimum Gasteiger partial charge on any atom is -0.366 e. The van der Waals surface area contributed by atoms with Crippen LogP contribution in [0.2, 0.25) is 0 Å². The van der Waals surface area contributed by atoms with Crippen LogP contribution in [0.3, 0.4) is 0 Å². The minimum atomic E-state index is -0.547. The Kier molecular flexibility index (Phi) is 6.58. The number of nitrogens with two attached hydrogens (primary N) is 1. The molecule has 1 aromatic carbocycles. The van der Waals surface area contributed by atoms with Crippen LogP contribution in [0.5, 0.6) is 0 Å². The first-order valence-corrected chi connectivity index (χ1v) is 10.2. The van der Waals surface area contributed by atoms with Crippen molar-refractivity contribution in [3.63, 3.8) is 0 Å². The lowest BCUT2D eigenvalue weighted by Crippen LogP contribution is -3.15. The Hall–Kier alpha value is -2.25. The summed E-state index contributed by atoms with van der Waals surface area (Å²) >= 11 is 1.29. The highest BCUT2D eigenvalue weighted by atomic mass is 32.1. The second kappa shape index (κ2) is 9.10. The van der Waals surface area contributed by atoms with Crippen molar-refractivity contribution in [1.82, 2.24) is 0 Å². The summed E-state index contributed by atoms with van der Waals surface area (Å²) in [5, 5.41) is 5.07. The van der Waals surface area contributed by atoms with Crippen molar-refractivity contribution < 1.29 is 18.9 Å². The van der Waals surface area contributed by atoms with Gasteiger partial charge in [-0.25, -0.2) is 4.39 Å². The minimum absolute atomic E-state index is 0.136. The van der Waals surface area contributed by atoms with Crippen molar-refractivity contribution >= 4 is 28.2 Å². The molecule has 1 atom stereocenters. The van der Waals surface area contributed by atoms with Crippen molar-refractivity contribution in [2.75, 3.05) is 11.9 Å². The Morgan fingerprint density at radius 3 is 2.52 bits per heavy atom. The van der Waals surface area contributed by atoms with Crippen LogP contribution < -0.4 is 16.0 Å². The number of thiophene rings is 1. The molecule has 0 saturated heterocycles. The summed E-state index contributed by atoms with van der Waals surface area (Å²) in [6.07, 6.45) is 5.78. The van der Waals surface area contributed by atoms with Gasteiger partial charge in [-0.3, -0.25) is 9.59 Å². The fourth-order valence-corrected chi connectivity index (χ4v) is 4.51. The molecule has 1 unspecified atom stereocenters. The third-order valence-electron chi connectivity index (χ3n) is 5.10. The van der Waals surface area contributed by atoms with Crippen molar-refractivity contribution in [1.29, 1.82) is 0 Å². The molecule has 1 heterocycles. The summed E-state index contributed by atoms with van der Waals surface area (Å²) in [6, 6.07) is 8.50. The van der Waals surface area contributed by atoms with E-state index in [2.05, 4.69) is 5.32 Å². The molecule has 2 aromatic rings. The van der Waals surface area contributed by atoms with Crippen LogP contribution in [0, 0.1) is 5.82 Å². The lowest BCUT2D eigenvalue weighted by Gasteiger charge is -2.31. The zero-order valence-electron chi connectivity index (χ0n) is 15.2. The predicted molar refractivity (Wildman–Crippen MR) is 104 cm³/mol. The van der Waals surface area contributed by atoms with Gasteiger partial charge >= 0.3 is 0 Å². The Morgan fingerprint density at radius 2 is 1.85 bits per heavy atom. The van der Waals surface area contributed by atoms with E-state index in [0.717, 1.165) is 18.4 Å². The van der Waals surface area contributed by atoms with Gasteiger partial charge in [-0.2, -0.15) is 0 Å². The molecular weight excluding hydrogens is 365 g/mol. The Bertz CT molecular complexity index is 785. The van der Waals surface area contributed by atoms with Gasteiger partial charge in [0.05, 0.1) is 11.6 Å². The summed E-state index contributed by atoms with van der Waals surface area (Å²) in [4.78, 5) is 25.3. The molecule has 144 valence electrons. The van der Waals surface area contributed by atoms with E-state index in [1.54, 1.807) is 23.6 Å². The molecule has 0 bridgehead atoms. The molecule has 5 nitrogen and oxygen atoms in total. The van der Waals surface area contributed by atoms with E-state index in [9.17, 15) is 14.0 Å². The maximum atomic E-state index is 13.2. The van der Waals surface area contributed by atoms with Gasteiger partial charge in [0, 0.05) is 5.56 Å². The molecule has 1 saturated carbocycles. The third kappa shape index (κ3) is 5.37. The second-order valence-electron chi connectivity index (χ2n) is 7.05. The van der Waals surface area contributed by atoms with Crippen molar-refractivity contribution in [3.8, 4) is 0 Å². The van der Waals surface area contributed by atoms with E-state index in [-0.39, 0.29) is 11.7 Å². The van der Waals surface area contributed by atoms with E-state index in [1.807, 2.05) is 0 Å². The van der Waals surface area contributed by atoms with E-state index in [4.69, 9.17) is 5.73 Å². The second-order valence-corrected chi connectivity index (χ2v) is 7.97. The summed E-state index contributed by atoms with van der Waals surface area (Å²) < 4.78 is 13.2. The fourth-order valence-electron chi connectivity index (χ4n) is 3.70. The SMILES string of the molecule is NC(=O)c1ccsc1NC(=O)C[NH+](Cc1ccc(F)cc1)C1CCCCC1. The van der Waals surface area contributed by atoms with Gasteiger partial charge in [-0.15, -0.1) is 11.3 Å². The van der Waals surface area contributed by atoms with Gasteiger partial charge in [0.2, 0.25) is 0 Å². The highest BCUT2D eigenvalue weighted by molar-refractivity contribution is 7.14. The lowest BCUT2D eigenvalue weighted by atomic mass is 9.93. The van der Waals surface area contributed by atoms with Gasteiger partial charge in [0.15, 0.2) is 6.54 Å². The number of amides is 2. The quantitative estimate of drug-likeness (QED) is 0.679. The predicted octanol–water partition coefficient (Wildman–Crippen LogP) is 2.34. The standard InChI is InChI=1S/C20H24FN3O2S/c21-15-8-6-14(7-9-15)12-24(16-4-2-1-3-5-16)13-18(25)23-20-17(19(22)26)10-11-27-20/h6-11,16H,1-5,12-13H2,(H2,22,26)(H,23,25)/p+1. The number of halogens is 1. The molecule has 0 spiro atoms. The van der Waals surface area contributed by atoms with Crippen LogP contribution in [0.15, 0.2) is 35.7 Å². The monoisotopic (exact) mass is 390 g/mol. The number of benzene rings is 1. The van der Waals surface area contributed by atoms with Gasteiger partial charge in [-0.05, 0) is 49.3 Å². The molecule has 3 rings (SSSR count). The highest BCUT2D eigenvalue weighted by Crippen LogP contribution is 2.22. The fraction of sp³-hybridized carbons (Fsp3) is 0.400. The smallest absolute Gasteiger partial charge is 0.280 e. The molecule has 1 aliphatic rings. The maximum absolute atomic E-state index is 13.2. The first-order chi connectivity index (χ1) is 13.0. The van der Waals surface area contributed by atoms with Crippen LogP contribution in [0.4, 0.5) is 9.39 Å². The summed E-state index contributed by atoms with van der Waals surface area (Å²) in [6.45, 7) is 0.976. The maximum Gasteiger partial charge on any atom is 0.280 e. The van der Waals surface area contributed by atoms with Crippen LogP contribution in [0.1, 0.15) is 48.0 Å². The van der Waals surface area contributed by atoms with Crippen LogP contribution >= 0.6 is 11.3 Å². The molecule has 2 amide bonds. The van der Waals surface area contributed by atoms with Gasteiger partial charge in [0.1, 0.15) is 17.4 Å². The first kappa shape index (κ1) is 19.5. The number of rotatable bonds is 7. The average molecular weight is 391 g/mol. The number of hydrogen-bond donors (Lipinski definition) is 3. The Morgan fingerprint density at radius 1 is 1.15 bits per heavy atom. The van der Waals surface area contributed by atoms with Crippen molar-refractivity contribution in [3.05, 3.63) is 52.7 Å². The summed E-state index contributed by atoms with van der Waals surface area (Å²) in [5.74, 6) is -0.940. The van der Waals surface area contributed by atoms with Crippen LogP contribution in [-0.4, -0.2) is 24.4 Å². The third-order valence-corrected chi connectivity index (χ3v) is 5.93. The molecule has 0 aliphatic heterocycles. The lowest BCUT2D eigenvalue weighted by molar-refractivity contribution is -0.932. The number of carbonyl (C=O) groups excluding carboxylic acids is 2. The number of carbonyl (C=O) groups is 2. The molecular formula is C20H25FN3O2S+. The molecule has 1 aliphatic carbocycles. The normalized spacial score (nSPS) is 16.0. The number of anilines is 1. The molecule has 7 heteroatoms. The Balaban J connectivity index is 1.69. The van der Waals surface area contributed by atoms with E-state index < -0.39 is 5.91 Å². The molecule has 1 fully saturated rings. The topological polar surface area (TPSA) is 76.6 Å². The first-order valence-electron chi connectivity index (χ1n) is 9.29. The van der Waals surface area contributed by atoms with Gasteiger partial charge < -0.3 is 16.0 Å². The molecule has 27 heavy (non-hydrogen) atoms. The average Bonchev–Trinajstić information content (AvgIpc) is 3.12. The Labute approximate surface area is 162 Å². The highest BCUT2D eigenvalue weighted by Gasteiger charge is 2.27. The number of nitrogens with one attached hydrogen (secondary N) is 2. The van der Waals surface area contributed by atoms with Crippen molar-refractivity contribution in [2.45, 2.75) is 44.7 Å². The van der Waals surface area contributed by atoms with Gasteiger partial charge in [-0.1, -0.05) is 18.6 Å². The molecule has 0 radical (unpaired) electrons. The number of hydrogen-bond acceptors (Lipinski definition) is 3. The molecule has 4 N–H and O–H groups in total. The zero-order chi connectivity index (χ0) is 19.2. The number of primary amides is 1. The van der Waals surface area contributed by atoms with E-state index in [0.29, 0.717) is 29.7 Å². The van der Waals surface area contributed by atoms with Crippen LogP contribution in [-0.2, 0) is 11.3 Å².